The molecule has 2 aromatic carbocycles. The van der Waals surface area contributed by atoms with E-state index >= 15 is 0 Å². The van der Waals surface area contributed by atoms with Crippen molar-refractivity contribution in [2.75, 3.05) is 42.2 Å². The van der Waals surface area contributed by atoms with Crippen molar-refractivity contribution in [3.05, 3.63) is 40.4 Å². The molecule has 11 heteroatoms. The first-order valence-corrected chi connectivity index (χ1v) is 13.4. The number of anilines is 2. The molecule has 3 heterocycles. The van der Waals surface area contributed by atoms with Crippen molar-refractivity contribution in [1.82, 2.24) is 9.97 Å². The molecule has 5 rings (SSSR count). The lowest BCUT2D eigenvalue weighted by molar-refractivity contribution is 0.602. The van der Waals surface area contributed by atoms with Gasteiger partial charge in [-0.25, -0.2) is 18.4 Å². The van der Waals surface area contributed by atoms with Gasteiger partial charge in [0, 0.05) is 32.4 Å². The highest BCUT2D eigenvalue weighted by Crippen LogP contribution is 2.38. The van der Waals surface area contributed by atoms with E-state index in [2.05, 4.69) is 14.8 Å². The van der Waals surface area contributed by atoms with Crippen LogP contribution in [0.3, 0.4) is 0 Å². The molecule has 0 spiro atoms. The van der Waals surface area contributed by atoms with Gasteiger partial charge in [-0.3, -0.25) is 0 Å². The van der Waals surface area contributed by atoms with Crippen LogP contribution in [0, 0.1) is 0 Å². The third kappa shape index (κ3) is 3.52. The summed E-state index contributed by atoms with van der Waals surface area (Å²) in [6.07, 6.45) is 1.22. The summed E-state index contributed by atoms with van der Waals surface area (Å²) in [6, 6.07) is 8.86. The molecular formula is C19H16Cl2N4O2S3. The molecule has 2 aromatic heterocycles. The van der Waals surface area contributed by atoms with Crippen LogP contribution in [0.5, 0.6) is 0 Å². The van der Waals surface area contributed by atoms with Gasteiger partial charge in [-0.1, -0.05) is 51.9 Å². The fraction of sp³-hybridized carbons (Fsp3) is 0.263. The zero-order valence-electron chi connectivity index (χ0n) is 15.8. The van der Waals surface area contributed by atoms with Gasteiger partial charge >= 0.3 is 0 Å². The smallest absolute Gasteiger partial charge is 0.186 e. The third-order valence-electron chi connectivity index (χ3n) is 5.03. The van der Waals surface area contributed by atoms with E-state index in [1.54, 1.807) is 35.6 Å². The van der Waals surface area contributed by atoms with Gasteiger partial charge in [-0.05, 0) is 24.3 Å². The van der Waals surface area contributed by atoms with E-state index in [0.29, 0.717) is 15.6 Å². The van der Waals surface area contributed by atoms with Crippen LogP contribution >= 0.6 is 45.9 Å². The molecule has 0 radical (unpaired) electrons. The molecule has 1 aliphatic rings. The highest BCUT2D eigenvalue weighted by atomic mass is 35.5. The van der Waals surface area contributed by atoms with E-state index in [-0.39, 0.29) is 4.90 Å². The van der Waals surface area contributed by atoms with Gasteiger partial charge < -0.3 is 9.80 Å². The highest BCUT2D eigenvalue weighted by molar-refractivity contribution is 7.91. The topological polar surface area (TPSA) is 66.4 Å². The summed E-state index contributed by atoms with van der Waals surface area (Å²) < 4.78 is 25.9. The quantitative estimate of drug-likeness (QED) is 0.398. The van der Waals surface area contributed by atoms with E-state index in [9.17, 15) is 8.42 Å². The molecule has 0 aliphatic carbocycles. The van der Waals surface area contributed by atoms with Crippen LogP contribution in [0.1, 0.15) is 0 Å². The second kappa shape index (κ2) is 7.49. The minimum atomic E-state index is -3.32. The zero-order valence-corrected chi connectivity index (χ0v) is 19.8. The minimum Gasteiger partial charge on any atom is -0.345 e. The predicted molar refractivity (Wildman–Crippen MR) is 127 cm³/mol. The Morgan fingerprint density at radius 3 is 2.10 bits per heavy atom. The van der Waals surface area contributed by atoms with E-state index < -0.39 is 9.84 Å². The summed E-state index contributed by atoms with van der Waals surface area (Å²) in [5.74, 6) is 0. The number of thiazole rings is 2. The number of nitrogens with zero attached hydrogens (tertiary/aromatic N) is 4. The number of sulfone groups is 1. The maximum atomic E-state index is 12.1. The number of aromatic nitrogens is 2. The highest BCUT2D eigenvalue weighted by Gasteiger charge is 2.24. The third-order valence-corrected chi connectivity index (χ3v) is 9.12. The molecule has 30 heavy (non-hydrogen) atoms. The Kier molecular flexibility index (Phi) is 5.06. The van der Waals surface area contributed by atoms with E-state index in [4.69, 9.17) is 28.2 Å². The van der Waals surface area contributed by atoms with Crippen LogP contribution in [0.25, 0.3) is 20.4 Å². The van der Waals surface area contributed by atoms with Crippen LogP contribution in [0.4, 0.5) is 10.3 Å². The van der Waals surface area contributed by atoms with Crippen LogP contribution in [-0.4, -0.2) is 50.8 Å². The van der Waals surface area contributed by atoms with Crippen LogP contribution < -0.4 is 9.80 Å². The van der Waals surface area contributed by atoms with Gasteiger partial charge in [-0.15, -0.1) is 0 Å². The molecule has 0 amide bonds. The normalized spacial score (nSPS) is 15.4. The first kappa shape index (κ1) is 20.3. The Hall–Kier alpha value is -1.65. The van der Waals surface area contributed by atoms with Gasteiger partial charge in [0.25, 0.3) is 0 Å². The summed E-state index contributed by atoms with van der Waals surface area (Å²) in [6.45, 7) is 3.10. The van der Waals surface area contributed by atoms with E-state index in [1.807, 2.05) is 6.07 Å². The van der Waals surface area contributed by atoms with E-state index in [0.717, 1.165) is 51.4 Å². The molecule has 6 nitrogen and oxygen atoms in total. The molecular weight excluding hydrogens is 483 g/mol. The van der Waals surface area contributed by atoms with Crippen LogP contribution in [0.2, 0.25) is 10.0 Å². The number of benzene rings is 2. The van der Waals surface area contributed by atoms with Crippen molar-refractivity contribution >= 4 is 86.4 Å². The molecule has 1 fully saturated rings. The van der Waals surface area contributed by atoms with Crippen LogP contribution in [-0.2, 0) is 9.84 Å². The Morgan fingerprint density at radius 1 is 0.867 bits per heavy atom. The fourth-order valence-corrected chi connectivity index (χ4v) is 7.02. The summed E-state index contributed by atoms with van der Waals surface area (Å²) >= 11 is 15.7. The molecule has 1 aliphatic heterocycles. The van der Waals surface area contributed by atoms with Gasteiger partial charge in [0.15, 0.2) is 20.1 Å². The second-order valence-corrected chi connectivity index (χ2v) is 11.8. The molecule has 4 aromatic rings. The zero-order chi connectivity index (χ0) is 21.0. The number of piperazine rings is 1. The van der Waals surface area contributed by atoms with Crippen molar-refractivity contribution in [2.24, 2.45) is 0 Å². The lowest BCUT2D eigenvalue weighted by Gasteiger charge is -2.34. The largest absolute Gasteiger partial charge is 0.345 e. The Morgan fingerprint density at radius 2 is 1.47 bits per heavy atom. The SMILES string of the molecule is CS(=O)(=O)c1cccc2sc(N3CCN(c4nc5c(Cl)ccc(Cl)c5s4)CC3)nc12. The van der Waals surface area contributed by atoms with Gasteiger partial charge in [0.05, 0.1) is 24.3 Å². The fourth-order valence-electron chi connectivity index (χ4n) is 3.50. The van der Waals surface area contributed by atoms with Gasteiger partial charge in [-0.2, -0.15) is 0 Å². The standard InChI is InChI=1S/C19H16Cl2N4O2S3/c1-30(26,27)14-4-2-3-13-16(14)23-18(28-13)24-7-9-25(10-8-24)19-22-15-11(20)5-6-12(21)17(15)29-19/h2-6H,7-10H2,1H3. The molecule has 0 bridgehead atoms. The molecule has 1 saturated heterocycles. The van der Waals surface area contributed by atoms with Gasteiger partial charge in [0.1, 0.15) is 11.0 Å². The number of hydrogen-bond donors (Lipinski definition) is 0. The summed E-state index contributed by atoms with van der Waals surface area (Å²) in [7, 11) is -3.32. The lowest BCUT2D eigenvalue weighted by Crippen LogP contribution is -2.46. The van der Waals surface area contributed by atoms with Crippen molar-refractivity contribution in [2.45, 2.75) is 4.90 Å². The number of hydrogen-bond acceptors (Lipinski definition) is 8. The molecule has 0 unspecified atom stereocenters. The number of para-hydroxylation sites is 1. The Balaban J connectivity index is 1.39. The lowest BCUT2D eigenvalue weighted by atomic mass is 10.3. The van der Waals surface area contributed by atoms with Crippen molar-refractivity contribution < 1.29 is 8.42 Å². The maximum Gasteiger partial charge on any atom is 0.186 e. The first-order chi connectivity index (χ1) is 14.3. The molecule has 0 N–H and O–H groups in total. The average molecular weight is 499 g/mol. The molecule has 0 saturated carbocycles. The second-order valence-electron chi connectivity index (χ2n) is 7.05. The van der Waals surface area contributed by atoms with Crippen LogP contribution in [0.15, 0.2) is 35.2 Å². The Labute approximate surface area is 191 Å². The monoisotopic (exact) mass is 498 g/mol. The van der Waals surface area contributed by atoms with E-state index in [1.165, 1.54) is 17.6 Å². The molecule has 0 atom stereocenters. The van der Waals surface area contributed by atoms with Crippen molar-refractivity contribution in [1.29, 1.82) is 0 Å². The minimum absolute atomic E-state index is 0.282. The number of rotatable bonds is 3. The van der Waals surface area contributed by atoms with Gasteiger partial charge in [0.2, 0.25) is 0 Å². The average Bonchev–Trinajstić information content (AvgIpc) is 3.35. The summed E-state index contributed by atoms with van der Waals surface area (Å²) in [5, 5.41) is 3.01. The van der Waals surface area contributed by atoms with Crippen molar-refractivity contribution in [3.63, 3.8) is 0 Å². The molecule has 156 valence electrons. The first-order valence-electron chi connectivity index (χ1n) is 9.15. The predicted octanol–water partition coefficient (Wildman–Crippen LogP) is 4.94. The number of halogens is 2. The maximum absolute atomic E-state index is 12.1. The Bertz CT molecular complexity index is 1340. The summed E-state index contributed by atoms with van der Waals surface area (Å²) in [5.41, 5.74) is 1.30. The van der Waals surface area contributed by atoms with Crippen molar-refractivity contribution in [3.8, 4) is 0 Å². The summed E-state index contributed by atoms with van der Waals surface area (Å²) in [4.78, 5) is 14.1. The number of fused-ring (bicyclic) bond motifs is 2.